The van der Waals surface area contributed by atoms with Crippen molar-refractivity contribution in [1.82, 2.24) is 0 Å². The third kappa shape index (κ3) is 4.40. The highest BCUT2D eigenvalue weighted by molar-refractivity contribution is 6.30. The van der Waals surface area contributed by atoms with Gasteiger partial charge in [-0.1, -0.05) is 36.4 Å². The first-order valence-corrected chi connectivity index (χ1v) is 11.6. The molecule has 2 N–H and O–H groups in total. The molecule has 8 nitrogen and oxygen atoms in total. The van der Waals surface area contributed by atoms with Gasteiger partial charge in [0.1, 0.15) is 0 Å². The molecule has 0 saturated heterocycles. The monoisotopic (exact) mass is 482 g/mol. The second kappa shape index (κ2) is 9.22. The molecule has 1 saturated carbocycles. The van der Waals surface area contributed by atoms with Crippen LogP contribution in [0.25, 0.3) is 0 Å². The zero-order valence-corrected chi connectivity index (χ0v) is 19.4. The lowest BCUT2D eigenvalue weighted by molar-refractivity contribution is -0.123. The number of carbonyl (C=O) groups is 5. The van der Waals surface area contributed by atoms with Crippen molar-refractivity contribution in [1.29, 1.82) is 0 Å². The Kier molecular flexibility index (Phi) is 5.93. The second-order valence-electron chi connectivity index (χ2n) is 8.81. The largest absolute Gasteiger partial charge is 0.449 e. The summed E-state index contributed by atoms with van der Waals surface area (Å²) in [5.74, 6) is -2.01. The van der Waals surface area contributed by atoms with Gasteiger partial charge in [0.25, 0.3) is 5.91 Å². The summed E-state index contributed by atoms with van der Waals surface area (Å²) < 4.78 is 5.30. The van der Waals surface area contributed by atoms with E-state index in [-0.39, 0.29) is 51.3 Å². The molecule has 1 fully saturated rings. The molecule has 5 rings (SSSR count). The van der Waals surface area contributed by atoms with Gasteiger partial charge in [0.15, 0.2) is 17.7 Å². The van der Waals surface area contributed by atoms with Gasteiger partial charge >= 0.3 is 5.97 Å². The van der Waals surface area contributed by atoms with Gasteiger partial charge in [0.2, 0.25) is 5.91 Å². The summed E-state index contributed by atoms with van der Waals surface area (Å²) in [5, 5.41) is 5.41. The minimum atomic E-state index is -1.18. The van der Waals surface area contributed by atoms with Crippen LogP contribution in [0.3, 0.4) is 0 Å². The van der Waals surface area contributed by atoms with Gasteiger partial charge in [0.05, 0.1) is 16.8 Å². The molecule has 8 heteroatoms. The molecule has 2 aliphatic rings. The molecule has 3 aromatic carbocycles. The Morgan fingerprint density at radius 2 is 1.44 bits per heavy atom. The number of fused-ring (bicyclic) bond motifs is 2. The summed E-state index contributed by atoms with van der Waals surface area (Å²) in [6, 6.07) is 17.4. The maximum absolute atomic E-state index is 13.1. The Labute approximate surface area is 206 Å². The highest BCUT2D eigenvalue weighted by atomic mass is 16.5. The van der Waals surface area contributed by atoms with Crippen molar-refractivity contribution < 1.29 is 28.7 Å². The fraction of sp³-hybridized carbons (Fsp3) is 0.179. The molecule has 0 heterocycles. The molecule has 36 heavy (non-hydrogen) atoms. The normalized spacial score (nSPS) is 14.8. The van der Waals surface area contributed by atoms with E-state index < -0.39 is 18.0 Å². The predicted molar refractivity (Wildman–Crippen MR) is 131 cm³/mol. The fourth-order valence-electron chi connectivity index (χ4n) is 4.05. The molecule has 0 bridgehead atoms. The smallest absolute Gasteiger partial charge is 0.338 e. The van der Waals surface area contributed by atoms with Crippen LogP contribution in [0.1, 0.15) is 62.0 Å². The van der Waals surface area contributed by atoms with E-state index in [9.17, 15) is 24.0 Å². The van der Waals surface area contributed by atoms with E-state index in [1.807, 2.05) is 0 Å². The summed E-state index contributed by atoms with van der Waals surface area (Å²) in [6.45, 7) is 1.41. The number of amides is 2. The Morgan fingerprint density at radius 1 is 0.806 bits per heavy atom. The first-order chi connectivity index (χ1) is 17.3. The van der Waals surface area contributed by atoms with E-state index in [1.165, 1.54) is 25.1 Å². The molecular formula is C28H22N2O6. The zero-order valence-electron chi connectivity index (χ0n) is 19.4. The van der Waals surface area contributed by atoms with Gasteiger partial charge < -0.3 is 15.4 Å². The van der Waals surface area contributed by atoms with Gasteiger partial charge in [-0.2, -0.15) is 0 Å². The Balaban J connectivity index is 1.26. The topological polar surface area (TPSA) is 119 Å². The van der Waals surface area contributed by atoms with Crippen molar-refractivity contribution in [3.63, 3.8) is 0 Å². The summed E-state index contributed by atoms with van der Waals surface area (Å²) >= 11 is 0. The lowest BCUT2D eigenvalue weighted by atomic mass is 9.83. The molecule has 0 aliphatic heterocycles. The molecular weight excluding hydrogens is 460 g/mol. The minimum absolute atomic E-state index is 0.0395. The molecule has 180 valence electrons. The van der Waals surface area contributed by atoms with Gasteiger partial charge in [-0.3, -0.25) is 19.2 Å². The molecule has 3 aromatic rings. The average molecular weight is 482 g/mol. The number of hydrogen-bond donors (Lipinski definition) is 2. The lowest BCUT2D eigenvalue weighted by Crippen LogP contribution is -2.31. The SMILES string of the molecule is CC(OC(=O)c1ccc(NC(=O)C2CC2)cc1)C(=O)Nc1cccc2c1C(=O)c1ccccc1C2=O. The van der Waals surface area contributed by atoms with Crippen molar-refractivity contribution in [2.75, 3.05) is 10.6 Å². The number of carbonyl (C=O) groups excluding carboxylic acids is 5. The Hall–Kier alpha value is -4.59. The van der Waals surface area contributed by atoms with Crippen LogP contribution < -0.4 is 10.6 Å². The number of rotatable bonds is 6. The van der Waals surface area contributed by atoms with Crippen LogP contribution in [0.4, 0.5) is 11.4 Å². The van der Waals surface area contributed by atoms with Gasteiger partial charge in [-0.15, -0.1) is 0 Å². The van der Waals surface area contributed by atoms with Gasteiger partial charge in [0, 0.05) is 28.3 Å². The second-order valence-corrected chi connectivity index (χ2v) is 8.81. The third-order valence-corrected chi connectivity index (χ3v) is 6.20. The third-order valence-electron chi connectivity index (χ3n) is 6.20. The average Bonchev–Trinajstić information content (AvgIpc) is 3.73. The van der Waals surface area contributed by atoms with E-state index in [0.717, 1.165) is 12.8 Å². The predicted octanol–water partition coefficient (Wildman–Crippen LogP) is 3.99. The highest BCUT2D eigenvalue weighted by Gasteiger charge is 2.32. The number of hydrogen-bond acceptors (Lipinski definition) is 6. The Morgan fingerprint density at radius 3 is 2.11 bits per heavy atom. The van der Waals surface area contributed by atoms with Crippen molar-refractivity contribution >= 4 is 40.7 Å². The van der Waals surface area contributed by atoms with E-state index in [4.69, 9.17) is 4.74 Å². The first-order valence-electron chi connectivity index (χ1n) is 11.6. The molecule has 2 amide bonds. The first kappa shape index (κ1) is 23.2. The zero-order chi connectivity index (χ0) is 25.4. The summed E-state index contributed by atoms with van der Waals surface area (Å²) in [6.07, 6.45) is 0.601. The van der Waals surface area contributed by atoms with E-state index in [0.29, 0.717) is 11.3 Å². The van der Waals surface area contributed by atoms with Crippen molar-refractivity contribution in [2.45, 2.75) is 25.9 Å². The number of benzene rings is 3. The quantitative estimate of drug-likeness (QED) is 0.401. The van der Waals surface area contributed by atoms with Crippen molar-refractivity contribution in [3.8, 4) is 0 Å². The molecule has 1 unspecified atom stereocenters. The maximum Gasteiger partial charge on any atom is 0.338 e. The van der Waals surface area contributed by atoms with Crippen LogP contribution in [-0.2, 0) is 14.3 Å². The minimum Gasteiger partial charge on any atom is -0.449 e. The summed E-state index contributed by atoms with van der Waals surface area (Å²) in [4.78, 5) is 63.2. The lowest BCUT2D eigenvalue weighted by Gasteiger charge is -2.21. The number of esters is 1. The standard InChI is InChI=1S/C28H22N2O6/c1-15(36-28(35)17-11-13-18(14-12-17)29-27(34)16-9-10-16)26(33)30-22-8-4-7-21-23(22)25(32)20-6-3-2-5-19(20)24(21)31/h2-8,11-16H,9-10H2,1H3,(H,29,34)(H,30,33). The van der Waals surface area contributed by atoms with Crippen molar-refractivity contribution in [2.24, 2.45) is 5.92 Å². The molecule has 2 aliphatic carbocycles. The molecule has 0 radical (unpaired) electrons. The number of anilines is 2. The highest BCUT2D eigenvalue weighted by Crippen LogP contribution is 2.32. The summed E-state index contributed by atoms with van der Waals surface area (Å²) in [5.41, 5.74) is 1.86. The number of nitrogens with one attached hydrogen (secondary N) is 2. The van der Waals surface area contributed by atoms with E-state index >= 15 is 0 Å². The molecule has 0 aromatic heterocycles. The van der Waals surface area contributed by atoms with Crippen LogP contribution >= 0.6 is 0 Å². The Bertz CT molecular complexity index is 1420. The van der Waals surface area contributed by atoms with Crippen molar-refractivity contribution in [3.05, 3.63) is 94.5 Å². The summed E-state index contributed by atoms with van der Waals surface area (Å²) in [7, 11) is 0. The van der Waals surface area contributed by atoms with E-state index in [2.05, 4.69) is 10.6 Å². The number of ketones is 2. The van der Waals surface area contributed by atoms with Gasteiger partial charge in [-0.25, -0.2) is 4.79 Å². The fourth-order valence-corrected chi connectivity index (χ4v) is 4.05. The van der Waals surface area contributed by atoms with Crippen LogP contribution in [0.2, 0.25) is 0 Å². The molecule has 1 atom stereocenters. The van der Waals surface area contributed by atoms with Gasteiger partial charge in [-0.05, 0) is 50.1 Å². The van der Waals surface area contributed by atoms with Crippen LogP contribution in [0.5, 0.6) is 0 Å². The number of ether oxygens (including phenoxy) is 1. The molecule has 0 spiro atoms. The van der Waals surface area contributed by atoms with E-state index in [1.54, 1.807) is 48.5 Å². The van der Waals surface area contributed by atoms with Crippen LogP contribution in [-0.4, -0.2) is 35.5 Å². The van der Waals surface area contributed by atoms with Crippen LogP contribution in [0, 0.1) is 5.92 Å². The maximum atomic E-state index is 13.1. The van der Waals surface area contributed by atoms with Crippen LogP contribution in [0.15, 0.2) is 66.7 Å².